The molecule has 1 heterocycles. The summed E-state index contributed by atoms with van der Waals surface area (Å²) >= 11 is 0. The Morgan fingerprint density at radius 1 is 1.29 bits per heavy atom. The summed E-state index contributed by atoms with van der Waals surface area (Å²) < 4.78 is 0. The second-order valence-electron chi connectivity index (χ2n) is 7.27. The fraction of sp³-hybridized carbons (Fsp3) is 0.632. The molecule has 1 aliphatic heterocycles. The third kappa shape index (κ3) is 4.28. The van der Waals surface area contributed by atoms with Crippen LogP contribution < -0.4 is 10.6 Å². The molecule has 132 valence electrons. The molecule has 5 nitrogen and oxygen atoms in total. The summed E-state index contributed by atoms with van der Waals surface area (Å²) in [6.07, 6.45) is 3.99. The van der Waals surface area contributed by atoms with E-state index >= 15 is 0 Å². The van der Waals surface area contributed by atoms with Crippen molar-refractivity contribution in [2.75, 3.05) is 26.2 Å². The molecule has 1 aromatic carbocycles. The van der Waals surface area contributed by atoms with Crippen LogP contribution in [0.3, 0.4) is 0 Å². The van der Waals surface area contributed by atoms with E-state index in [0.717, 1.165) is 17.7 Å². The first-order chi connectivity index (χ1) is 11.6. The summed E-state index contributed by atoms with van der Waals surface area (Å²) in [6.45, 7) is 6.24. The lowest BCUT2D eigenvalue weighted by molar-refractivity contribution is 0.142. The van der Waals surface area contributed by atoms with Gasteiger partial charge >= 0.3 is 6.03 Å². The standard InChI is InChI=1S/C19H29N3O2/c1-14(13-22-9-5-2-6-10-22)12-20-19(24)21-18-16-8-4-3-7-15(16)11-17(18)23/h3-4,7-8,14,17-18,23H,2,5-6,9-13H2,1H3,(H2,20,21,24). The second-order valence-corrected chi connectivity index (χ2v) is 7.27. The first-order valence-corrected chi connectivity index (χ1v) is 9.16. The Bertz CT molecular complexity index is 557. The SMILES string of the molecule is CC(CNC(=O)NC1c2ccccc2CC1O)CN1CCCCC1. The molecule has 0 aromatic heterocycles. The lowest BCUT2D eigenvalue weighted by Crippen LogP contribution is -2.44. The van der Waals surface area contributed by atoms with Crippen LogP contribution in [0.15, 0.2) is 24.3 Å². The zero-order valence-corrected chi connectivity index (χ0v) is 14.5. The van der Waals surface area contributed by atoms with Gasteiger partial charge in [-0.15, -0.1) is 0 Å². The van der Waals surface area contributed by atoms with Gasteiger partial charge in [0.25, 0.3) is 0 Å². The average molecular weight is 331 g/mol. The smallest absolute Gasteiger partial charge is 0.315 e. The largest absolute Gasteiger partial charge is 0.390 e. The zero-order chi connectivity index (χ0) is 16.9. The van der Waals surface area contributed by atoms with Crippen LogP contribution in [0.1, 0.15) is 43.4 Å². The molecule has 1 fully saturated rings. The van der Waals surface area contributed by atoms with E-state index in [-0.39, 0.29) is 12.1 Å². The number of aliphatic hydroxyl groups is 1. The van der Waals surface area contributed by atoms with E-state index in [9.17, 15) is 9.90 Å². The monoisotopic (exact) mass is 331 g/mol. The molecule has 0 bridgehead atoms. The Morgan fingerprint density at radius 2 is 2.04 bits per heavy atom. The van der Waals surface area contributed by atoms with E-state index in [2.05, 4.69) is 22.5 Å². The van der Waals surface area contributed by atoms with Gasteiger partial charge in [-0.3, -0.25) is 0 Å². The summed E-state index contributed by atoms with van der Waals surface area (Å²) in [6, 6.07) is 7.41. The van der Waals surface area contributed by atoms with Gasteiger partial charge in [-0.25, -0.2) is 4.79 Å². The number of hydrogen-bond acceptors (Lipinski definition) is 3. The Balaban J connectivity index is 1.44. The summed E-state index contributed by atoms with van der Waals surface area (Å²) in [7, 11) is 0. The van der Waals surface area contributed by atoms with Crippen LogP contribution >= 0.6 is 0 Å². The molecule has 0 spiro atoms. The maximum Gasteiger partial charge on any atom is 0.315 e. The summed E-state index contributed by atoms with van der Waals surface area (Å²) in [5, 5.41) is 16.1. The lowest BCUT2D eigenvalue weighted by Gasteiger charge is -2.29. The number of nitrogens with zero attached hydrogens (tertiary/aromatic N) is 1. The van der Waals surface area contributed by atoms with Gasteiger partial charge in [0.15, 0.2) is 0 Å². The highest BCUT2D eigenvalue weighted by atomic mass is 16.3. The number of likely N-dealkylation sites (tertiary alicyclic amines) is 1. The molecule has 24 heavy (non-hydrogen) atoms. The number of carbonyl (C=O) groups is 1. The molecule has 3 N–H and O–H groups in total. The van der Waals surface area contributed by atoms with Gasteiger partial charge in [-0.1, -0.05) is 37.6 Å². The van der Waals surface area contributed by atoms with Gasteiger partial charge in [0.2, 0.25) is 0 Å². The third-order valence-electron chi connectivity index (χ3n) is 5.12. The molecule has 0 saturated carbocycles. The molecule has 1 saturated heterocycles. The van der Waals surface area contributed by atoms with Crippen molar-refractivity contribution in [1.29, 1.82) is 0 Å². The number of piperidine rings is 1. The molecule has 2 amide bonds. The number of hydrogen-bond donors (Lipinski definition) is 3. The van der Waals surface area contributed by atoms with Crippen molar-refractivity contribution in [1.82, 2.24) is 15.5 Å². The molecule has 0 radical (unpaired) electrons. The van der Waals surface area contributed by atoms with E-state index in [1.165, 1.54) is 32.4 Å². The van der Waals surface area contributed by atoms with E-state index in [1.807, 2.05) is 24.3 Å². The quantitative estimate of drug-likeness (QED) is 0.774. The minimum absolute atomic E-state index is 0.193. The Morgan fingerprint density at radius 3 is 2.83 bits per heavy atom. The Labute approximate surface area is 144 Å². The van der Waals surface area contributed by atoms with Crippen LogP contribution in [-0.2, 0) is 6.42 Å². The number of urea groups is 1. The minimum atomic E-state index is -0.543. The van der Waals surface area contributed by atoms with E-state index in [4.69, 9.17) is 0 Å². The molecule has 2 aliphatic rings. The van der Waals surface area contributed by atoms with Crippen molar-refractivity contribution in [3.8, 4) is 0 Å². The molecule has 3 atom stereocenters. The highest BCUT2D eigenvalue weighted by Gasteiger charge is 2.31. The Hall–Kier alpha value is -1.59. The number of carbonyl (C=O) groups excluding carboxylic acids is 1. The number of fused-ring (bicyclic) bond motifs is 1. The number of nitrogens with one attached hydrogen (secondary N) is 2. The molecule has 3 unspecified atom stereocenters. The third-order valence-corrected chi connectivity index (χ3v) is 5.12. The van der Waals surface area contributed by atoms with Crippen molar-refractivity contribution in [2.24, 2.45) is 5.92 Å². The van der Waals surface area contributed by atoms with Gasteiger partial charge in [0.05, 0.1) is 12.1 Å². The topological polar surface area (TPSA) is 64.6 Å². The number of amides is 2. The first kappa shape index (κ1) is 17.2. The highest BCUT2D eigenvalue weighted by molar-refractivity contribution is 5.74. The Kier molecular flexibility index (Phi) is 5.74. The summed E-state index contributed by atoms with van der Waals surface area (Å²) in [5.74, 6) is 0.426. The molecule has 5 heteroatoms. The fourth-order valence-electron chi connectivity index (χ4n) is 3.85. The number of aliphatic hydroxyl groups excluding tert-OH is 1. The van der Waals surface area contributed by atoms with Crippen molar-refractivity contribution < 1.29 is 9.90 Å². The zero-order valence-electron chi connectivity index (χ0n) is 14.5. The molecule has 1 aliphatic carbocycles. The molecule has 3 rings (SSSR count). The van der Waals surface area contributed by atoms with Crippen LogP contribution in [0, 0.1) is 5.92 Å². The summed E-state index contributed by atoms with van der Waals surface area (Å²) in [5.41, 5.74) is 2.15. The average Bonchev–Trinajstić information content (AvgIpc) is 2.90. The highest BCUT2D eigenvalue weighted by Crippen LogP contribution is 2.31. The normalized spacial score (nSPS) is 25.1. The van der Waals surface area contributed by atoms with Gasteiger partial charge in [0, 0.05) is 19.5 Å². The first-order valence-electron chi connectivity index (χ1n) is 9.16. The van der Waals surface area contributed by atoms with Crippen LogP contribution in [0.2, 0.25) is 0 Å². The number of rotatable bonds is 5. The lowest BCUT2D eigenvalue weighted by atomic mass is 10.1. The van der Waals surface area contributed by atoms with Crippen molar-refractivity contribution >= 4 is 6.03 Å². The second kappa shape index (κ2) is 7.99. The maximum atomic E-state index is 12.2. The van der Waals surface area contributed by atoms with Gasteiger partial charge in [-0.2, -0.15) is 0 Å². The van der Waals surface area contributed by atoms with Gasteiger partial charge in [0.1, 0.15) is 0 Å². The van der Waals surface area contributed by atoms with Gasteiger partial charge in [-0.05, 0) is 43.0 Å². The van der Waals surface area contributed by atoms with E-state index < -0.39 is 6.10 Å². The van der Waals surface area contributed by atoms with Crippen molar-refractivity contribution in [3.05, 3.63) is 35.4 Å². The maximum absolute atomic E-state index is 12.2. The van der Waals surface area contributed by atoms with Crippen molar-refractivity contribution in [2.45, 2.75) is 44.8 Å². The van der Waals surface area contributed by atoms with Crippen molar-refractivity contribution in [3.63, 3.8) is 0 Å². The van der Waals surface area contributed by atoms with Crippen LogP contribution in [0.25, 0.3) is 0 Å². The number of benzene rings is 1. The van der Waals surface area contributed by atoms with Crippen LogP contribution in [0.5, 0.6) is 0 Å². The van der Waals surface area contributed by atoms with E-state index in [1.54, 1.807) is 0 Å². The van der Waals surface area contributed by atoms with Crippen LogP contribution in [-0.4, -0.2) is 48.3 Å². The molecular formula is C19H29N3O2. The van der Waals surface area contributed by atoms with E-state index in [0.29, 0.717) is 18.9 Å². The predicted octanol–water partition coefficient (Wildman–Crippen LogP) is 2.07. The molecular weight excluding hydrogens is 302 g/mol. The van der Waals surface area contributed by atoms with Gasteiger partial charge < -0.3 is 20.6 Å². The predicted molar refractivity (Wildman–Crippen MR) is 94.9 cm³/mol. The summed E-state index contributed by atoms with van der Waals surface area (Å²) in [4.78, 5) is 14.7. The molecule has 1 aromatic rings. The minimum Gasteiger partial charge on any atom is -0.390 e. The van der Waals surface area contributed by atoms with Crippen LogP contribution in [0.4, 0.5) is 4.79 Å². The fourth-order valence-corrected chi connectivity index (χ4v) is 3.85.